The molecule has 0 bridgehead atoms. The molecular formula is C19H11N3O2S2. The maximum Gasteiger partial charge on any atom is 0.216 e. The Hall–Kier alpha value is -3.08. The molecule has 7 heteroatoms. The highest BCUT2D eigenvalue weighted by molar-refractivity contribution is 7.93. The molecule has 3 aromatic heterocycles. The third kappa shape index (κ3) is 2.65. The quantitative estimate of drug-likeness (QED) is 0.537. The Labute approximate surface area is 154 Å². The number of nitrogens with zero attached hydrogens (tertiary/aromatic N) is 3. The monoisotopic (exact) mass is 377 g/mol. The lowest BCUT2D eigenvalue weighted by molar-refractivity contribution is 0.598. The summed E-state index contributed by atoms with van der Waals surface area (Å²) in [5, 5.41) is 9.86. The molecular weight excluding hydrogens is 366 g/mol. The maximum absolute atomic E-state index is 13.3. The molecule has 0 radical (unpaired) electrons. The summed E-state index contributed by atoms with van der Waals surface area (Å²) < 4.78 is 26.9. The van der Waals surface area contributed by atoms with Gasteiger partial charge >= 0.3 is 0 Å². The van der Waals surface area contributed by atoms with Crippen LogP contribution in [0.4, 0.5) is 0 Å². The van der Waals surface area contributed by atoms with Gasteiger partial charge in [-0.1, -0.05) is 6.07 Å². The average molecular weight is 377 g/mol. The number of hydrogen-bond donors (Lipinski definition) is 0. The zero-order chi connectivity index (χ0) is 18.1. The van der Waals surface area contributed by atoms with Crippen LogP contribution in [0, 0.1) is 11.3 Å². The van der Waals surface area contributed by atoms with Crippen molar-refractivity contribution in [2.75, 3.05) is 0 Å². The van der Waals surface area contributed by atoms with Crippen molar-refractivity contribution in [2.24, 2.45) is 0 Å². The summed E-state index contributed by atoms with van der Waals surface area (Å²) in [4.78, 5) is 9.07. The molecule has 0 atom stereocenters. The lowest BCUT2D eigenvalue weighted by atomic mass is 10.1. The van der Waals surface area contributed by atoms with Crippen LogP contribution in [0.3, 0.4) is 0 Å². The van der Waals surface area contributed by atoms with Crippen LogP contribution < -0.4 is 0 Å². The Kier molecular flexibility index (Phi) is 3.99. The predicted molar refractivity (Wildman–Crippen MR) is 99.5 cm³/mol. The van der Waals surface area contributed by atoms with Crippen molar-refractivity contribution in [3.8, 4) is 17.2 Å². The van der Waals surface area contributed by atoms with E-state index in [1.807, 2.05) is 12.1 Å². The second-order valence-electron chi connectivity index (χ2n) is 5.50. The fraction of sp³-hybridized carbons (Fsp3) is 0. The zero-order valence-electron chi connectivity index (χ0n) is 13.3. The lowest BCUT2D eigenvalue weighted by Gasteiger charge is -2.07. The molecule has 0 fully saturated rings. The number of aromatic nitrogens is 2. The van der Waals surface area contributed by atoms with Gasteiger partial charge in [-0.2, -0.15) is 5.26 Å². The number of benzene rings is 1. The van der Waals surface area contributed by atoms with Crippen LogP contribution in [0.5, 0.6) is 0 Å². The summed E-state index contributed by atoms with van der Waals surface area (Å²) in [7, 11) is -3.81. The van der Waals surface area contributed by atoms with Gasteiger partial charge in [-0.05, 0) is 48.0 Å². The van der Waals surface area contributed by atoms with Crippen molar-refractivity contribution >= 4 is 31.4 Å². The van der Waals surface area contributed by atoms with Gasteiger partial charge in [-0.3, -0.25) is 4.98 Å². The first-order valence-electron chi connectivity index (χ1n) is 7.64. The fourth-order valence-electron chi connectivity index (χ4n) is 2.73. The van der Waals surface area contributed by atoms with Crippen molar-refractivity contribution in [1.82, 2.24) is 9.97 Å². The molecule has 0 amide bonds. The van der Waals surface area contributed by atoms with Crippen LogP contribution in [0.1, 0.15) is 5.56 Å². The topological polar surface area (TPSA) is 83.7 Å². The van der Waals surface area contributed by atoms with E-state index < -0.39 is 9.84 Å². The number of thiophene rings is 1. The highest BCUT2D eigenvalue weighted by Gasteiger charge is 2.27. The lowest BCUT2D eigenvalue weighted by Crippen LogP contribution is -2.01. The van der Waals surface area contributed by atoms with Crippen molar-refractivity contribution in [1.29, 1.82) is 5.26 Å². The standard InChI is InChI=1S/C19H11N3O2S2/c20-12-13-3-1-4-15(11-13)26(23,24)19-17(14-6-9-21-10-7-14)16-5-2-8-22-18(16)25-19/h1-11H. The summed E-state index contributed by atoms with van der Waals surface area (Å²) >= 11 is 1.13. The number of fused-ring (bicyclic) bond motifs is 1. The van der Waals surface area contributed by atoms with E-state index in [1.165, 1.54) is 12.1 Å². The summed E-state index contributed by atoms with van der Waals surface area (Å²) in [6.45, 7) is 0. The largest absolute Gasteiger partial charge is 0.265 e. The first-order chi connectivity index (χ1) is 12.6. The third-order valence-electron chi connectivity index (χ3n) is 3.92. The van der Waals surface area contributed by atoms with Gasteiger partial charge in [0, 0.05) is 29.5 Å². The van der Waals surface area contributed by atoms with Crippen LogP contribution in [-0.4, -0.2) is 18.4 Å². The minimum absolute atomic E-state index is 0.0958. The Morgan fingerprint density at radius 1 is 1.00 bits per heavy atom. The number of nitriles is 1. The van der Waals surface area contributed by atoms with Gasteiger partial charge in [0.2, 0.25) is 9.84 Å². The van der Waals surface area contributed by atoms with E-state index in [0.717, 1.165) is 22.3 Å². The molecule has 26 heavy (non-hydrogen) atoms. The molecule has 0 unspecified atom stereocenters. The van der Waals surface area contributed by atoms with Crippen molar-refractivity contribution in [3.63, 3.8) is 0 Å². The Balaban J connectivity index is 2.04. The van der Waals surface area contributed by atoms with Gasteiger partial charge in [0.15, 0.2) is 0 Å². The second kappa shape index (κ2) is 6.33. The minimum atomic E-state index is -3.81. The average Bonchev–Trinajstić information content (AvgIpc) is 3.09. The predicted octanol–water partition coefficient (Wildman–Crippen LogP) is 4.06. The van der Waals surface area contributed by atoms with E-state index in [2.05, 4.69) is 9.97 Å². The minimum Gasteiger partial charge on any atom is -0.265 e. The summed E-state index contributed by atoms with van der Waals surface area (Å²) in [5.41, 5.74) is 1.67. The SMILES string of the molecule is N#Cc1cccc(S(=O)(=O)c2sc3ncccc3c2-c2ccncc2)c1. The Morgan fingerprint density at radius 2 is 1.81 bits per heavy atom. The van der Waals surface area contributed by atoms with Gasteiger partial charge in [-0.25, -0.2) is 13.4 Å². The van der Waals surface area contributed by atoms with E-state index in [0.29, 0.717) is 16.0 Å². The van der Waals surface area contributed by atoms with Crippen molar-refractivity contribution < 1.29 is 8.42 Å². The number of sulfone groups is 1. The summed E-state index contributed by atoms with van der Waals surface area (Å²) in [6, 6.07) is 15.2. The van der Waals surface area contributed by atoms with Crippen molar-refractivity contribution in [2.45, 2.75) is 9.10 Å². The molecule has 0 saturated heterocycles. The van der Waals surface area contributed by atoms with Crippen LogP contribution in [0.25, 0.3) is 21.3 Å². The van der Waals surface area contributed by atoms with Crippen LogP contribution in [0.2, 0.25) is 0 Å². The zero-order valence-corrected chi connectivity index (χ0v) is 15.0. The van der Waals surface area contributed by atoms with Crippen molar-refractivity contribution in [3.05, 3.63) is 72.7 Å². The highest BCUT2D eigenvalue weighted by Crippen LogP contribution is 2.42. The van der Waals surface area contributed by atoms with Crippen LogP contribution >= 0.6 is 11.3 Å². The molecule has 1 aromatic carbocycles. The normalized spacial score (nSPS) is 11.3. The van der Waals surface area contributed by atoms with E-state index >= 15 is 0 Å². The van der Waals surface area contributed by atoms with Gasteiger partial charge in [-0.15, -0.1) is 11.3 Å². The van der Waals surface area contributed by atoms with E-state index in [4.69, 9.17) is 5.26 Å². The van der Waals surface area contributed by atoms with Gasteiger partial charge in [0.1, 0.15) is 9.04 Å². The number of rotatable bonds is 3. The molecule has 0 N–H and O–H groups in total. The van der Waals surface area contributed by atoms with Crippen LogP contribution in [-0.2, 0) is 9.84 Å². The molecule has 0 aliphatic heterocycles. The Morgan fingerprint density at radius 3 is 2.58 bits per heavy atom. The molecule has 0 saturated carbocycles. The number of hydrogen-bond acceptors (Lipinski definition) is 6. The van der Waals surface area contributed by atoms with Crippen LogP contribution in [0.15, 0.2) is 76.2 Å². The third-order valence-corrected chi connectivity index (χ3v) is 7.30. The fourth-order valence-corrected chi connectivity index (χ4v) is 5.85. The molecule has 4 aromatic rings. The Bertz CT molecular complexity index is 1260. The molecule has 5 nitrogen and oxygen atoms in total. The molecule has 0 aliphatic rings. The maximum atomic E-state index is 13.3. The molecule has 0 spiro atoms. The molecule has 4 rings (SSSR count). The van der Waals surface area contributed by atoms with E-state index in [-0.39, 0.29) is 9.10 Å². The van der Waals surface area contributed by atoms with Gasteiger partial charge in [0.05, 0.1) is 16.5 Å². The second-order valence-corrected chi connectivity index (χ2v) is 8.64. The van der Waals surface area contributed by atoms with Gasteiger partial charge < -0.3 is 0 Å². The van der Waals surface area contributed by atoms with E-state index in [9.17, 15) is 8.42 Å². The molecule has 126 valence electrons. The first kappa shape index (κ1) is 16.4. The van der Waals surface area contributed by atoms with Gasteiger partial charge in [0.25, 0.3) is 0 Å². The summed E-state index contributed by atoms with van der Waals surface area (Å²) in [5.74, 6) is 0. The summed E-state index contributed by atoms with van der Waals surface area (Å²) in [6.07, 6.45) is 4.89. The molecule has 0 aliphatic carbocycles. The van der Waals surface area contributed by atoms with E-state index in [1.54, 1.807) is 48.9 Å². The smallest absolute Gasteiger partial charge is 0.216 e. The highest BCUT2D eigenvalue weighted by atomic mass is 32.2. The first-order valence-corrected chi connectivity index (χ1v) is 9.94. The number of pyridine rings is 2. The molecule has 3 heterocycles.